The number of nitrogens with zero attached hydrogens (tertiary/aromatic N) is 2. The van der Waals surface area contributed by atoms with Gasteiger partial charge in [0, 0.05) is 37.4 Å². The maximum atomic E-state index is 12.7. The molecular formula is C21H33N3O. The Morgan fingerprint density at radius 1 is 1.08 bits per heavy atom. The molecule has 1 heterocycles. The number of anilines is 1. The van der Waals surface area contributed by atoms with Gasteiger partial charge in [-0.2, -0.15) is 0 Å². The van der Waals surface area contributed by atoms with Crippen LogP contribution in [0.4, 0.5) is 5.69 Å². The van der Waals surface area contributed by atoms with Crippen LogP contribution in [0, 0.1) is 0 Å². The normalized spacial score (nSPS) is 20.9. The highest BCUT2D eigenvalue weighted by Crippen LogP contribution is 2.35. The molecule has 3 rings (SSSR count). The number of amides is 1. The molecule has 0 radical (unpaired) electrons. The summed E-state index contributed by atoms with van der Waals surface area (Å²) in [5.41, 5.74) is 2.01. The summed E-state index contributed by atoms with van der Waals surface area (Å²) in [5, 5.41) is 3.27. The van der Waals surface area contributed by atoms with Gasteiger partial charge in [-0.05, 0) is 57.0 Å². The second kappa shape index (κ2) is 8.22. The second-order valence-corrected chi connectivity index (χ2v) is 7.96. The lowest BCUT2D eigenvalue weighted by molar-refractivity contribution is 0.0326. The van der Waals surface area contributed by atoms with E-state index in [9.17, 15) is 4.79 Å². The Balaban J connectivity index is 1.68. The largest absolute Gasteiger partial charge is 0.378 e. The van der Waals surface area contributed by atoms with Gasteiger partial charge in [0.05, 0.1) is 0 Å². The Hall–Kier alpha value is -1.55. The van der Waals surface area contributed by atoms with Crippen LogP contribution in [0.1, 0.15) is 61.7 Å². The Bertz CT molecular complexity index is 572. The number of rotatable bonds is 5. The lowest BCUT2D eigenvalue weighted by Gasteiger charge is -2.48. The van der Waals surface area contributed by atoms with E-state index in [0.717, 1.165) is 17.8 Å². The van der Waals surface area contributed by atoms with E-state index in [0.29, 0.717) is 0 Å². The van der Waals surface area contributed by atoms with Gasteiger partial charge in [0.2, 0.25) is 0 Å². The second-order valence-electron chi connectivity index (χ2n) is 7.96. The van der Waals surface area contributed by atoms with Crippen molar-refractivity contribution < 1.29 is 4.79 Å². The molecule has 138 valence electrons. The van der Waals surface area contributed by atoms with E-state index in [4.69, 9.17) is 0 Å². The van der Waals surface area contributed by atoms with Gasteiger partial charge >= 0.3 is 0 Å². The van der Waals surface area contributed by atoms with Crippen molar-refractivity contribution in [3.8, 4) is 0 Å². The Kier molecular flexibility index (Phi) is 6.00. The minimum atomic E-state index is 0.0608. The van der Waals surface area contributed by atoms with E-state index in [2.05, 4.69) is 10.2 Å². The maximum absolute atomic E-state index is 12.7. The molecule has 2 fully saturated rings. The van der Waals surface area contributed by atoms with E-state index >= 15 is 0 Å². The van der Waals surface area contributed by atoms with Crippen LogP contribution in [-0.2, 0) is 0 Å². The zero-order valence-electron chi connectivity index (χ0n) is 15.9. The zero-order chi connectivity index (χ0) is 17.7. The monoisotopic (exact) mass is 343 g/mol. The smallest absolute Gasteiger partial charge is 0.251 e. The first-order valence-corrected chi connectivity index (χ1v) is 9.91. The number of carbonyl (C=O) groups excluding carboxylic acids is 1. The van der Waals surface area contributed by atoms with E-state index in [1.807, 2.05) is 43.3 Å². The highest BCUT2D eigenvalue weighted by Gasteiger charge is 2.38. The van der Waals surface area contributed by atoms with Crippen LogP contribution in [0.5, 0.6) is 0 Å². The summed E-state index contributed by atoms with van der Waals surface area (Å²) < 4.78 is 0. The molecule has 0 bridgehead atoms. The summed E-state index contributed by atoms with van der Waals surface area (Å²) in [6.07, 6.45) is 10.4. The van der Waals surface area contributed by atoms with Gasteiger partial charge in [0.25, 0.3) is 5.91 Å². The molecule has 0 spiro atoms. The fraction of sp³-hybridized carbons (Fsp3) is 0.667. The summed E-state index contributed by atoms with van der Waals surface area (Å²) in [7, 11) is 4.01. The third-order valence-electron chi connectivity index (χ3n) is 6.01. The predicted octanol–water partition coefficient (Wildman–Crippen LogP) is 3.67. The molecule has 1 aliphatic heterocycles. The highest BCUT2D eigenvalue weighted by atomic mass is 16.1. The van der Waals surface area contributed by atoms with E-state index < -0.39 is 0 Å². The standard InChI is InChI=1S/C21H33N3O/c1-23(2)19-11-9-10-18(16-19)20(25)22-17-21(12-5-3-6-13-21)24-14-7-4-8-15-24/h9-11,16H,3-8,12-15,17H2,1-2H3,(H,22,25). The topological polar surface area (TPSA) is 35.6 Å². The molecule has 1 aromatic carbocycles. The van der Waals surface area contributed by atoms with Crippen LogP contribution >= 0.6 is 0 Å². The molecule has 0 unspecified atom stereocenters. The van der Waals surface area contributed by atoms with E-state index in [-0.39, 0.29) is 11.4 Å². The summed E-state index contributed by atoms with van der Waals surface area (Å²) >= 11 is 0. The van der Waals surface area contributed by atoms with Crippen LogP contribution < -0.4 is 10.2 Å². The third-order valence-corrected chi connectivity index (χ3v) is 6.01. The zero-order valence-corrected chi connectivity index (χ0v) is 15.9. The summed E-state index contributed by atoms with van der Waals surface area (Å²) in [6.45, 7) is 3.19. The van der Waals surface area contributed by atoms with Gasteiger partial charge in [-0.3, -0.25) is 9.69 Å². The molecular weight excluding hydrogens is 310 g/mol. The molecule has 1 N–H and O–H groups in total. The summed E-state index contributed by atoms with van der Waals surface area (Å²) in [4.78, 5) is 17.5. The minimum absolute atomic E-state index is 0.0608. The lowest BCUT2D eigenvalue weighted by Crippen LogP contribution is -2.58. The van der Waals surface area contributed by atoms with Gasteiger partial charge in [-0.15, -0.1) is 0 Å². The van der Waals surface area contributed by atoms with Crippen molar-refractivity contribution >= 4 is 11.6 Å². The Morgan fingerprint density at radius 2 is 1.76 bits per heavy atom. The van der Waals surface area contributed by atoms with Crippen molar-refractivity contribution in [2.24, 2.45) is 0 Å². The van der Waals surface area contributed by atoms with E-state index in [1.165, 1.54) is 64.5 Å². The number of benzene rings is 1. The van der Waals surface area contributed by atoms with Crippen molar-refractivity contribution in [1.82, 2.24) is 10.2 Å². The number of nitrogens with one attached hydrogen (secondary N) is 1. The fourth-order valence-electron chi connectivity index (χ4n) is 4.46. The number of piperidine rings is 1. The maximum Gasteiger partial charge on any atom is 0.251 e. The van der Waals surface area contributed by atoms with Crippen LogP contribution in [-0.4, -0.2) is 50.1 Å². The SMILES string of the molecule is CN(C)c1cccc(C(=O)NCC2(N3CCCCC3)CCCCC2)c1. The third kappa shape index (κ3) is 4.35. The molecule has 1 amide bonds. The molecule has 4 heteroatoms. The Morgan fingerprint density at radius 3 is 2.44 bits per heavy atom. The van der Waals surface area contributed by atoms with Crippen molar-refractivity contribution in [2.45, 2.75) is 56.9 Å². The average molecular weight is 344 g/mol. The molecule has 1 saturated heterocycles. The van der Waals surface area contributed by atoms with Gasteiger partial charge < -0.3 is 10.2 Å². The molecule has 1 saturated carbocycles. The number of hydrogen-bond acceptors (Lipinski definition) is 3. The summed E-state index contributed by atoms with van der Waals surface area (Å²) in [6, 6.07) is 7.89. The molecule has 2 aliphatic rings. The molecule has 1 aromatic rings. The molecule has 0 atom stereocenters. The number of likely N-dealkylation sites (tertiary alicyclic amines) is 1. The van der Waals surface area contributed by atoms with Crippen LogP contribution in [0.2, 0.25) is 0 Å². The van der Waals surface area contributed by atoms with Crippen molar-refractivity contribution in [2.75, 3.05) is 38.6 Å². The number of carbonyl (C=O) groups is 1. The quantitative estimate of drug-likeness (QED) is 0.886. The molecule has 4 nitrogen and oxygen atoms in total. The van der Waals surface area contributed by atoms with Gasteiger partial charge in [0.1, 0.15) is 0 Å². The molecule has 1 aliphatic carbocycles. The van der Waals surface area contributed by atoms with Crippen LogP contribution in [0.25, 0.3) is 0 Å². The first-order chi connectivity index (χ1) is 12.1. The highest BCUT2D eigenvalue weighted by molar-refractivity contribution is 5.95. The van der Waals surface area contributed by atoms with Crippen molar-refractivity contribution in [1.29, 1.82) is 0 Å². The van der Waals surface area contributed by atoms with Crippen LogP contribution in [0.15, 0.2) is 24.3 Å². The Labute approximate surface area is 152 Å². The lowest BCUT2D eigenvalue weighted by atomic mass is 9.79. The first-order valence-electron chi connectivity index (χ1n) is 9.91. The van der Waals surface area contributed by atoms with Crippen LogP contribution in [0.3, 0.4) is 0 Å². The predicted molar refractivity (Wildman–Crippen MR) is 104 cm³/mol. The summed E-state index contributed by atoms with van der Waals surface area (Å²) in [5.74, 6) is 0.0608. The van der Waals surface area contributed by atoms with Gasteiger partial charge in [-0.25, -0.2) is 0 Å². The molecule has 0 aromatic heterocycles. The molecule has 25 heavy (non-hydrogen) atoms. The van der Waals surface area contributed by atoms with Crippen molar-refractivity contribution in [3.05, 3.63) is 29.8 Å². The van der Waals surface area contributed by atoms with Crippen molar-refractivity contribution in [3.63, 3.8) is 0 Å². The average Bonchev–Trinajstić information content (AvgIpc) is 2.67. The fourth-order valence-corrected chi connectivity index (χ4v) is 4.46. The first kappa shape index (κ1) is 18.2. The van der Waals surface area contributed by atoms with E-state index in [1.54, 1.807) is 0 Å². The minimum Gasteiger partial charge on any atom is -0.378 e. The van der Waals surface area contributed by atoms with Gasteiger partial charge in [-0.1, -0.05) is 31.7 Å². The number of hydrogen-bond donors (Lipinski definition) is 1. The van der Waals surface area contributed by atoms with Gasteiger partial charge in [0.15, 0.2) is 0 Å².